The molecule has 7 rings (SSSR count). The summed E-state index contributed by atoms with van der Waals surface area (Å²) >= 11 is 6.23. The lowest BCUT2D eigenvalue weighted by Gasteiger charge is -2.25. The van der Waals surface area contributed by atoms with Gasteiger partial charge in [-0.1, -0.05) is 11.6 Å². The van der Waals surface area contributed by atoms with E-state index in [9.17, 15) is 33.9 Å². The van der Waals surface area contributed by atoms with Crippen molar-refractivity contribution >= 4 is 55.4 Å². The lowest BCUT2D eigenvalue weighted by Crippen LogP contribution is -2.36. The minimum Gasteiger partial charge on any atom is -0.387 e. The van der Waals surface area contributed by atoms with Crippen LogP contribution in [0.2, 0.25) is 5.02 Å². The lowest BCUT2D eigenvalue weighted by atomic mass is 10.1. The molecule has 3 aliphatic rings. The van der Waals surface area contributed by atoms with Gasteiger partial charge >= 0.3 is 15.6 Å². The van der Waals surface area contributed by atoms with Crippen LogP contribution in [0.3, 0.4) is 0 Å². The van der Waals surface area contributed by atoms with E-state index in [1.54, 1.807) is 12.1 Å². The molecule has 2 unspecified atom stereocenters. The van der Waals surface area contributed by atoms with Crippen molar-refractivity contribution < 1.29 is 56.7 Å². The van der Waals surface area contributed by atoms with E-state index < -0.39 is 83.5 Å². The zero-order valence-electron chi connectivity index (χ0n) is 22.5. The quantitative estimate of drug-likeness (QED) is 0.150. The number of pyridine rings is 1. The molecule has 2 bridgehead atoms. The van der Waals surface area contributed by atoms with E-state index in [1.807, 2.05) is 0 Å². The number of nitrogens with two attached hydrogens (primary N) is 1. The molecule has 4 aromatic rings. The van der Waals surface area contributed by atoms with Gasteiger partial charge in [0, 0.05) is 17.8 Å². The number of phosphoric acid groups is 2. The Morgan fingerprint density at radius 3 is 2.38 bits per heavy atom. The molecule has 7 heterocycles. The number of hydrogen-bond acceptors (Lipinski definition) is 15. The second kappa shape index (κ2) is 11.2. The first-order chi connectivity index (χ1) is 21.3. The maximum absolute atomic E-state index is 13.2. The predicted molar refractivity (Wildman–Crippen MR) is 148 cm³/mol. The number of nitrogens with zero attached hydrogens (tertiary/aromatic N) is 5. The predicted octanol–water partition coefficient (Wildman–Crippen LogP) is -0.0603. The summed E-state index contributed by atoms with van der Waals surface area (Å²) in [6.45, 7) is -1.61. The first kappa shape index (κ1) is 30.8. The van der Waals surface area contributed by atoms with Crippen LogP contribution >= 0.6 is 27.2 Å². The number of aliphatic hydroxyl groups excluding tert-OH is 2. The zero-order valence-corrected chi connectivity index (χ0v) is 25.0. The van der Waals surface area contributed by atoms with Crippen LogP contribution in [-0.4, -0.2) is 98.9 Å². The van der Waals surface area contributed by atoms with Crippen LogP contribution in [-0.2, 0) is 36.7 Å². The second-order valence-corrected chi connectivity index (χ2v) is 13.5. The van der Waals surface area contributed by atoms with Gasteiger partial charge in [-0.3, -0.25) is 32.4 Å². The smallest absolute Gasteiger partial charge is 0.387 e. The Labute approximate surface area is 255 Å². The van der Waals surface area contributed by atoms with Crippen LogP contribution in [0.25, 0.3) is 22.2 Å². The molecular weight excluding hydrogens is 668 g/mol. The number of imidazole rings is 1. The largest absolute Gasteiger partial charge is 0.472 e. The number of rotatable bonds is 2. The van der Waals surface area contributed by atoms with Crippen LogP contribution < -0.4 is 11.3 Å². The van der Waals surface area contributed by atoms with E-state index in [0.717, 1.165) is 10.9 Å². The highest BCUT2D eigenvalue weighted by atomic mass is 35.5. The van der Waals surface area contributed by atoms with Crippen molar-refractivity contribution in [2.45, 2.75) is 49.1 Å². The Hall–Kier alpha value is -2.81. The number of hydrogen-bond donors (Lipinski definition) is 6. The molecule has 0 amide bonds. The molecule has 10 atom stereocenters. The van der Waals surface area contributed by atoms with E-state index in [2.05, 4.69) is 19.9 Å². The number of anilines is 1. The minimum atomic E-state index is -5.09. The van der Waals surface area contributed by atoms with Gasteiger partial charge in [0.2, 0.25) is 5.95 Å². The van der Waals surface area contributed by atoms with Crippen molar-refractivity contribution in [3.05, 3.63) is 46.2 Å². The average molecular weight is 692 g/mol. The molecule has 242 valence electrons. The summed E-state index contributed by atoms with van der Waals surface area (Å²) in [5, 5.41) is 23.1. The average Bonchev–Trinajstić information content (AvgIpc) is 3.72. The summed E-state index contributed by atoms with van der Waals surface area (Å²) in [4.78, 5) is 48.1. The summed E-state index contributed by atoms with van der Waals surface area (Å²) in [6, 6.07) is 3.17. The molecule has 0 saturated carbocycles. The minimum absolute atomic E-state index is 0.120. The molecular formula is C22H24ClN7O13P2. The highest BCUT2D eigenvalue weighted by Crippen LogP contribution is 2.53. The van der Waals surface area contributed by atoms with Gasteiger partial charge < -0.3 is 39.8 Å². The summed E-state index contributed by atoms with van der Waals surface area (Å²) < 4.78 is 61.4. The normalized spacial score (nSPS) is 37.7. The lowest BCUT2D eigenvalue weighted by molar-refractivity contribution is -0.0671. The number of aromatic nitrogens is 6. The highest BCUT2D eigenvalue weighted by Gasteiger charge is 2.53. The molecule has 3 saturated heterocycles. The topological polar surface area (TPSA) is 278 Å². The molecule has 0 aromatic carbocycles. The molecule has 4 aromatic heterocycles. The van der Waals surface area contributed by atoms with Crippen LogP contribution in [0, 0.1) is 0 Å². The fourth-order valence-electron chi connectivity index (χ4n) is 5.47. The molecule has 3 fully saturated rings. The Balaban J connectivity index is 1.21. The second-order valence-electron chi connectivity index (χ2n) is 10.3. The molecule has 20 nitrogen and oxygen atoms in total. The number of nitrogens with one attached hydrogen (secondary N) is 1. The van der Waals surface area contributed by atoms with Crippen molar-refractivity contribution in [3.8, 4) is 0 Å². The standard InChI is InChI=1S/C22H24ClN7O13P2/c23-9-1-3-25-17-8(9)2-4-29(17)20-14(32)15-11(41-20)6-39-45(36,37)43-16-13(31)10(5-38-44(34,35)42-15)40-21(16)30-7-26-12-18(30)27-22(24)28-19(12)33/h1-4,7,10-11,13-16,20-21,31-32H,5-6H2,(H,34,35)(H,36,37)(H3,24,27,28,33)/t10-,11-,13-,14-,15-,16-,20-,21-/m1/s1. The maximum atomic E-state index is 13.2. The number of aliphatic hydroxyl groups is 2. The number of nitrogen functional groups attached to an aromatic ring is 1. The Morgan fingerprint density at radius 2 is 1.62 bits per heavy atom. The van der Waals surface area contributed by atoms with Crippen molar-refractivity contribution in [3.63, 3.8) is 0 Å². The number of halogens is 1. The van der Waals surface area contributed by atoms with E-state index in [0.29, 0.717) is 16.1 Å². The van der Waals surface area contributed by atoms with Crippen molar-refractivity contribution in [2.75, 3.05) is 18.9 Å². The summed E-state index contributed by atoms with van der Waals surface area (Å²) in [5.74, 6) is -0.278. The third-order valence-corrected chi connectivity index (χ3v) is 9.80. The van der Waals surface area contributed by atoms with Gasteiger partial charge in [-0.05, 0) is 12.1 Å². The molecule has 0 spiro atoms. The number of phosphoric ester groups is 2. The first-order valence-corrected chi connectivity index (χ1v) is 16.5. The molecule has 7 N–H and O–H groups in total. The van der Waals surface area contributed by atoms with Crippen LogP contribution in [0.1, 0.15) is 12.5 Å². The summed E-state index contributed by atoms with van der Waals surface area (Å²) in [7, 11) is -10.1. The number of H-pyrrole nitrogens is 1. The number of aromatic amines is 1. The van der Waals surface area contributed by atoms with E-state index >= 15 is 0 Å². The van der Waals surface area contributed by atoms with E-state index in [1.165, 1.54) is 17.0 Å². The highest BCUT2D eigenvalue weighted by molar-refractivity contribution is 7.47. The molecule has 3 aliphatic heterocycles. The molecule has 0 aliphatic carbocycles. The van der Waals surface area contributed by atoms with Crippen LogP contribution in [0.5, 0.6) is 0 Å². The van der Waals surface area contributed by atoms with Gasteiger partial charge in [0.25, 0.3) is 5.56 Å². The fraction of sp³-hybridized carbons (Fsp3) is 0.455. The Bertz CT molecular complexity index is 1940. The Morgan fingerprint density at radius 1 is 0.933 bits per heavy atom. The van der Waals surface area contributed by atoms with Crippen molar-refractivity contribution in [1.82, 2.24) is 29.1 Å². The third-order valence-electron chi connectivity index (χ3n) is 7.50. The number of ether oxygens (including phenoxy) is 2. The van der Waals surface area contributed by atoms with Crippen LogP contribution in [0.15, 0.2) is 35.6 Å². The zero-order chi connectivity index (χ0) is 31.8. The van der Waals surface area contributed by atoms with E-state index in [4.69, 9.17) is 44.9 Å². The van der Waals surface area contributed by atoms with Crippen LogP contribution in [0.4, 0.5) is 5.95 Å². The monoisotopic (exact) mass is 691 g/mol. The molecule has 23 heteroatoms. The van der Waals surface area contributed by atoms with Crippen molar-refractivity contribution in [1.29, 1.82) is 0 Å². The molecule has 45 heavy (non-hydrogen) atoms. The van der Waals surface area contributed by atoms with Gasteiger partial charge in [0.05, 0.1) is 24.6 Å². The summed E-state index contributed by atoms with van der Waals surface area (Å²) in [5.41, 5.74) is 4.98. The fourth-order valence-corrected chi connectivity index (χ4v) is 7.57. The van der Waals surface area contributed by atoms with Gasteiger partial charge in [0.15, 0.2) is 23.6 Å². The maximum Gasteiger partial charge on any atom is 0.472 e. The molecule has 0 radical (unpaired) electrons. The van der Waals surface area contributed by atoms with E-state index in [-0.39, 0.29) is 17.1 Å². The van der Waals surface area contributed by atoms with Crippen molar-refractivity contribution in [2.24, 2.45) is 0 Å². The third kappa shape index (κ3) is 5.51. The van der Waals surface area contributed by atoms with Gasteiger partial charge in [-0.15, -0.1) is 0 Å². The number of fused-ring (bicyclic) bond motifs is 5. The Kier molecular flexibility index (Phi) is 7.65. The van der Waals surface area contributed by atoms with Gasteiger partial charge in [-0.25, -0.2) is 19.1 Å². The van der Waals surface area contributed by atoms with Gasteiger partial charge in [-0.2, -0.15) is 4.98 Å². The first-order valence-electron chi connectivity index (χ1n) is 13.1. The summed E-state index contributed by atoms with van der Waals surface area (Å²) in [6.07, 6.45) is -8.35. The van der Waals surface area contributed by atoms with Gasteiger partial charge in [0.1, 0.15) is 42.3 Å². The SMILES string of the molecule is Nc1nc2c(ncn2[C@@H]2O[C@@H]3COP(=O)(O)O[C@H]4[C@@H](O)[C@H](n5ccc6c(Cl)ccnc65)O[C@@H]4COP(=O)(O)O[C@@H]2[C@@H]3O)c(=O)[nH]1.